The first-order chi connectivity index (χ1) is 16.2. The van der Waals surface area contributed by atoms with E-state index in [0.717, 1.165) is 35.1 Å². The van der Waals surface area contributed by atoms with Crippen molar-refractivity contribution < 1.29 is 22.8 Å². The lowest BCUT2D eigenvalue weighted by atomic mass is 9.77. The predicted molar refractivity (Wildman–Crippen MR) is 126 cm³/mol. The Kier molecular flexibility index (Phi) is 6.72. The zero-order chi connectivity index (χ0) is 24.3. The molecule has 0 fully saturated rings. The van der Waals surface area contributed by atoms with Crippen molar-refractivity contribution in [1.82, 2.24) is 10.6 Å². The molecule has 1 heterocycles. The molecule has 0 saturated heterocycles. The molecule has 5 rings (SSSR count). The van der Waals surface area contributed by atoms with Crippen molar-refractivity contribution in [2.24, 2.45) is 0 Å². The molecule has 2 N–H and O–H groups in total. The molecule has 1 aliphatic heterocycles. The van der Waals surface area contributed by atoms with Gasteiger partial charge in [0, 0.05) is 0 Å². The molecule has 1 amide bonds. The Morgan fingerprint density at radius 1 is 1.00 bits per heavy atom. The number of alkyl halides is 3. The van der Waals surface area contributed by atoms with E-state index in [2.05, 4.69) is 28.8 Å². The summed E-state index contributed by atoms with van der Waals surface area (Å²) in [5.41, 5.74) is 7.87. The number of hydrogen-bond donors (Lipinski definition) is 2. The van der Waals surface area contributed by atoms with Gasteiger partial charge in [-0.1, -0.05) is 48.6 Å². The molecule has 2 aromatic rings. The van der Waals surface area contributed by atoms with Crippen molar-refractivity contribution in [1.29, 1.82) is 0 Å². The van der Waals surface area contributed by atoms with Crippen LogP contribution in [0.5, 0.6) is 0 Å². The van der Waals surface area contributed by atoms with Crippen molar-refractivity contribution >= 4 is 17.3 Å². The number of carbonyl (C=O) groups is 2. The van der Waals surface area contributed by atoms with E-state index in [1.807, 2.05) is 25.1 Å². The summed E-state index contributed by atoms with van der Waals surface area (Å²) >= 11 is 0. The third-order valence-corrected chi connectivity index (χ3v) is 6.14. The number of allylic oxidation sites excluding steroid dienone is 3. The molecular weight excluding hydrogens is 441 g/mol. The number of ketones is 1. The minimum Gasteiger partial charge on any atom is -0.383 e. The molecule has 2 aliphatic carbocycles. The second kappa shape index (κ2) is 9.71. The zero-order valence-corrected chi connectivity index (χ0v) is 18.7. The Morgan fingerprint density at radius 3 is 2.56 bits per heavy atom. The van der Waals surface area contributed by atoms with Gasteiger partial charge in [0.1, 0.15) is 0 Å². The first kappa shape index (κ1) is 23.5. The quantitative estimate of drug-likeness (QED) is 0.641. The number of fused-ring (bicyclic) bond motifs is 5. The van der Waals surface area contributed by atoms with Gasteiger partial charge >= 0.3 is 12.1 Å². The topological polar surface area (TPSA) is 58.2 Å². The van der Waals surface area contributed by atoms with Crippen LogP contribution < -0.4 is 10.6 Å². The van der Waals surface area contributed by atoms with Crippen LogP contribution in [0.15, 0.2) is 66.9 Å². The molecule has 7 heteroatoms. The first-order valence-corrected chi connectivity index (χ1v) is 11.1. The Hall–Kier alpha value is -3.61. The van der Waals surface area contributed by atoms with Crippen LogP contribution in [-0.2, 0) is 28.9 Å². The van der Waals surface area contributed by atoms with Crippen LogP contribution in [0.3, 0.4) is 0 Å². The second-order valence-corrected chi connectivity index (χ2v) is 8.47. The average Bonchev–Trinajstić information content (AvgIpc) is 3.06. The van der Waals surface area contributed by atoms with E-state index in [4.69, 9.17) is 0 Å². The summed E-state index contributed by atoms with van der Waals surface area (Å²) in [6, 6.07) is 11.8. The van der Waals surface area contributed by atoms with Gasteiger partial charge in [0.25, 0.3) is 0 Å². The highest BCUT2D eigenvalue weighted by molar-refractivity contribution is 5.92. The minimum atomic E-state index is -4.86. The smallest absolute Gasteiger partial charge is 0.383 e. The van der Waals surface area contributed by atoms with Crippen LogP contribution in [0, 0.1) is 0 Å². The molecule has 3 aliphatic rings. The molecule has 2 aromatic carbocycles. The van der Waals surface area contributed by atoms with Crippen molar-refractivity contribution in [3.8, 4) is 11.1 Å². The Balaban J connectivity index is 0.000000291. The van der Waals surface area contributed by atoms with Gasteiger partial charge in [0.05, 0.1) is 12.6 Å². The molecule has 4 nitrogen and oxygen atoms in total. The van der Waals surface area contributed by atoms with E-state index >= 15 is 0 Å². The summed E-state index contributed by atoms with van der Waals surface area (Å²) in [5.74, 6) is -1.76. The van der Waals surface area contributed by atoms with Gasteiger partial charge in [0.2, 0.25) is 0 Å². The Bertz CT molecular complexity index is 1210. The van der Waals surface area contributed by atoms with Crippen molar-refractivity contribution in [2.75, 3.05) is 6.54 Å². The fraction of sp³-hybridized carbons (Fsp3) is 0.259. The highest BCUT2D eigenvalue weighted by Crippen LogP contribution is 2.40. The van der Waals surface area contributed by atoms with Crippen molar-refractivity contribution in [2.45, 2.75) is 38.4 Å². The molecular formula is C27H25F3N2O2. The van der Waals surface area contributed by atoms with Gasteiger partial charge in [-0.2, -0.15) is 13.2 Å². The number of nitrogens with one attached hydrogen (secondary N) is 2. The van der Waals surface area contributed by atoms with E-state index < -0.39 is 18.1 Å². The summed E-state index contributed by atoms with van der Waals surface area (Å²) < 4.78 is 37.8. The molecule has 1 unspecified atom stereocenters. The number of halogens is 3. The highest BCUT2D eigenvalue weighted by atomic mass is 19.4. The van der Waals surface area contributed by atoms with Gasteiger partial charge in [-0.05, 0) is 83.5 Å². The van der Waals surface area contributed by atoms with Crippen LogP contribution >= 0.6 is 0 Å². The summed E-state index contributed by atoms with van der Waals surface area (Å²) in [6.45, 7) is 2.31. The van der Waals surface area contributed by atoms with Gasteiger partial charge in [-0.3, -0.25) is 9.59 Å². The number of amides is 1. The number of benzene rings is 2. The summed E-state index contributed by atoms with van der Waals surface area (Å²) in [7, 11) is 0. The fourth-order valence-corrected chi connectivity index (χ4v) is 4.61. The third kappa shape index (κ3) is 5.14. The molecule has 0 spiro atoms. The van der Waals surface area contributed by atoms with Gasteiger partial charge in [-0.15, -0.1) is 0 Å². The highest BCUT2D eigenvalue weighted by Gasteiger charge is 2.40. The maximum atomic E-state index is 12.6. The van der Waals surface area contributed by atoms with E-state index in [1.165, 1.54) is 16.7 Å². The molecule has 0 bridgehead atoms. The fourth-order valence-electron chi connectivity index (χ4n) is 4.61. The van der Waals surface area contributed by atoms with E-state index in [-0.39, 0.29) is 5.78 Å². The lowest BCUT2D eigenvalue weighted by Gasteiger charge is -2.30. The number of rotatable bonds is 1. The lowest BCUT2D eigenvalue weighted by molar-refractivity contribution is -0.174. The molecule has 0 aromatic heterocycles. The second-order valence-electron chi connectivity index (χ2n) is 8.47. The molecule has 34 heavy (non-hydrogen) atoms. The van der Waals surface area contributed by atoms with Crippen molar-refractivity contribution in [3.63, 3.8) is 0 Å². The third-order valence-electron chi connectivity index (χ3n) is 6.14. The van der Waals surface area contributed by atoms with Crippen LogP contribution in [0.4, 0.5) is 13.2 Å². The Morgan fingerprint density at radius 2 is 1.76 bits per heavy atom. The van der Waals surface area contributed by atoms with Crippen LogP contribution in [-0.4, -0.2) is 30.5 Å². The van der Waals surface area contributed by atoms with Crippen molar-refractivity contribution in [3.05, 3.63) is 89.2 Å². The predicted octanol–water partition coefficient (Wildman–Crippen LogP) is 4.69. The van der Waals surface area contributed by atoms with Gasteiger partial charge in [-0.25, -0.2) is 0 Å². The SMILES string of the molecule is CC1=CC(NC(=O)C(F)(F)F)Cc2c1ccc1c2CCc2ccccc2-1.O=C1C=CC=CNC1. The zero-order valence-electron chi connectivity index (χ0n) is 18.7. The molecule has 0 saturated carbocycles. The number of hydrogen-bond acceptors (Lipinski definition) is 3. The van der Waals surface area contributed by atoms with E-state index in [1.54, 1.807) is 30.5 Å². The van der Waals surface area contributed by atoms with Gasteiger partial charge < -0.3 is 10.6 Å². The van der Waals surface area contributed by atoms with Gasteiger partial charge in [0.15, 0.2) is 5.78 Å². The maximum Gasteiger partial charge on any atom is 0.471 e. The van der Waals surface area contributed by atoms with Crippen LogP contribution in [0.2, 0.25) is 0 Å². The van der Waals surface area contributed by atoms with E-state index in [0.29, 0.717) is 13.0 Å². The monoisotopic (exact) mass is 466 g/mol. The minimum absolute atomic E-state index is 0.120. The molecule has 1 atom stereocenters. The first-order valence-electron chi connectivity index (χ1n) is 11.1. The van der Waals surface area contributed by atoms with E-state index in [9.17, 15) is 22.8 Å². The maximum absolute atomic E-state index is 12.6. The Labute approximate surface area is 196 Å². The molecule has 176 valence electrons. The number of carbonyl (C=O) groups excluding carboxylic acids is 2. The lowest BCUT2D eigenvalue weighted by Crippen LogP contribution is -2.44. The average molecular weight is 467 g/mol. The largest absolute Gasteiger partial charge is 0.471 e. The summed E-state index contributed by atoms with van der Waals surface area (Å²) in [6.07, 6.45) is 5.85. The van der Waals surface area contributed by atoms with Crippen LogP contribution in [0.25, 0.3) is 16.7 Å². The summed E-state index contributed by atoms with van der Waals surface area (Å²) in [5, 5.41) is 4.92. The van der Waals surface area contributed by atoms with Crippen LogP contribution in [0.1, 0.15) is 29.2 Å². The standard InChI is InChI=1S/C21H18F3NO.C6H7NO/c1-12-10-14(25-20(26)21(22,23)24)11-19-15(12)8-9-17-16-5-3-2-4-13(16)6-7-18(17)19;8-6-3-1-2-4-7-5-6/h2-5,8-10,14H,6-7,11H2,1H3,(H,25,26);1-4,7H,5H2. The summed E-state index contributed by atoms with van der Waals surface area (Å²) in [4.78, 5) is 21.8. The molecule has 0 radical (unpaired) electrons. The number of aryl methyl sites for hydroxylation is 1. The normalized spacial score (nSPS) is 18.2.